The van der Waals surface area contributed by atoms with Gasteiger partial charge in [-0.1, -0.05) is 0 Å². The molecule has 0 atom stereocenters. The molecule has 14 heteroatoms. The van der Waals surface area contributed by atoms with Gasteiger partial charge in [-0.15, -0.1) is 0 Å². The molecule has 0 fully saturated rings. The first kappa shape index (κ1) is 21.1. The van der Waals surface area contributed by atoms with Gasteiger partial charge in [-0.3, -0.25) is 9.86 Å². The summed E-state index contributed by atoms with van der Waals surface area (Å²) >= 11 is 0. The SMILES string of the molecule is Cc1c(C(F)(F)F)nc2c(c1NC(=O)N[SH](N)(=O)c1ccn(C(F)F)n1)CCC2. The van der Waals surface area contributed by atoms with Crippen molar-refractivity contribution in [3.05, 3.63) is 34.8 Å². The first-order valence-electron chi connectivity index (χ1n) is 8.31. The molecule has 160 valence electrons. The second kappa shape index (κ2) is 7.33. The number of hydrogen-bond donors (Lipinski definition) is 4. The van der Waals surface area contributed by atoms with Gasteiger partial charge >= 0.3 is 18.8 Å². The number of pyridine rings is 1. The molecule has 0 spiro atoms. The Labute approximate surface area is 162 Å². The third kappa shape index (κ3) is 4.22. The van der Waals surface area contributed by atoms with Crippen molar-refractivity contribution in [2.24, 2.45) is 5.14 Å². The summed E-state index contributed by atoms with van der Waals surface area (Å²) in [4.78, 5) is 16.0. The van der Waals surface area contributed by atoms with Gasteiger partial charge in [-0.2, -0.15) is 27.1 Å². The second-order valence-corrected chi connectivity index (χ2v) is 8.39. The predicted molar refractivity (Wildman–Crippen MR) is 93.6 cm³/mol. The van der Waals surface area contributed by atoms with E-state index in [4.69, 9.17) is 5.14 Å². The molecule has 1 aliphatic carbocycles. The summed E-state index contributed by atoms with van der Waals surface area (Å²) in [6.07, 6.45) is -2.58. The van der Waals surface area contributed by atoms with Crippen molar-refractivity contribution in [1.29, 1.82) is 0 Å². The van der Waals surface area contributed by atoms with Crippen molar-refractivity contribution < 1.29 is 31.0 Å². The molecule has 0 bridgehead atoms. The van der Waals surface area contributed by atoms with Crippen LogP contribution in [0.5, 0.6) is 0 Å². The van der Waals surface area contributed by atoms with Crippen LogP contribution in [0.1, 0.15) is 35.5 Å². The molecule has 4 N–H and O–H groups in total. The Bertz CT molecular complexity index is 1010. The van der Waals surface area contributed by atoms with E-state index in [2.05, 4.69) is 15.4 Å². The van der Waals surface area contributed by atoms with Gasteiger partial charge in [0.1, 0.15) is 5.69 Å². The van der Waals surface area contributed by atoms with E-state index in [-0.39, 0.29) is 21.6 Å². The predicted octanol–water partition coefficient (Wildman–Crippen LogP) is 2.48. The van der Waals surface area contributed by atoms with Crippen LogP contribution in [-0.2, 0) is 29.3 Å². The summed E-state index contributed by atoms with van der Waals surface area (Å²) in [7, 11) is -4.20. The fourth-order valence-electron chi connectivity index (χ4n) is 3.09. The van der Waals surface area contributed by atoms with Gasteiger partial charge in [-0.25, -0.2) is 18.7 Å². The number of halogens is 5. The van der Waals surface area contributed by atoms with Gasteiger partial charge < -0.3 is 5.32 Å². The van der Waals surface area contributed by atoms with E-state index in [0.29, 0.717) is 24.8 Å². The van der Waals surface area contributed by atoms with Crippen molar-refractivity contribution >= 4 is 22.0 Å². The van der Waals surface area contributed by atoms with E-state index < -0.39 is 39.8 Å². The van der Waals surface area contributed by atoms with Crippen LogP contribution < -0.4 is 15.2 Å². The van der Waals surface area contributed by atoms with Crippen LogP contribution in [0.25, 0.3) is 0 Å². The Balaban J connectivity index is 1.87. The molecule has 0 aliphatic heterocycles. The topological polar surface area (TPSA) is 115 Å². The van der Waals surface area contributed by atoms with Crippen LogP contribution in [0.15, 0.2) is 17.3 Å². The summed E-state index contributed by atoms with van der Waals surface area (Å²) in [6.45, 7) is -1.84. The highest BCUT2D eigenvalue weighted by atomic mass is 32.3. The lowest BCUT2D eigenvalue weighted by molar-refractivity contribution is -0.141. The minimum atomic E-state index is -4.72. The van der Waals surface area contributed by atoms with Crippen LogP contribution in [0.3, 0.4) is 0 Å². The minimum absolute atomic E-state index is 0.0876. The quantitative estimate of drug-likeness (QED) is 0.432. The highest BCUT2D eigenvalue weighted by molar-refractivity contribution is 7.99. The highest BCUT2D eigenvalue weighted by Crippen LogP contribution is 2.38. The van der Waals surface area contributed by atoms with E-state index in [0.717, 1.165) is 19.2 Å². The monoisotopic (exact) mass is 440 g/mol. The Morgan fingerprint density at radius 3 is 2.62 bits per heavy atom. The van der Waals surface area contributed by atoms with Crippen molar-refractivity contribution in [2.45, 2.75) is 43.9 Å². The maximum absolute atomic E-state index is 13.3. The molecular weight excluding hydrogens is 423 g/mol. The van der Waals surface area contributed by atoms with E-state index >= 15 is 0 Å². The van der Waals surface area contributed by atoms with E-state index in [1.165, 1.54) is 0 Å². The van der Waals surface area contributed by atoms with Gasteiger partial charge in [0.25, 0.3) is 0 Å². The molecule has 0 unspecified atom stereocenters. The van der Waals surface area contributed by atoms with E-state index in [9.17, 15) is 31.0 Å². The number of carbonyl (C=O) groups is 1. The third-order valence-electron chi connectivity index (χ3n) is 4.38. The van der Waals surface area contributed by atoms with Crippen LogP contribution in [0.2, 0.25) is 0 Å². The summed E-state index contributed by atoms with van der Waals surface area (Å²) in [5, 5.41) is 10.6. The fraction of sp³-hybridized carbons (Fsp3) is 0.400. The molecule has 29 heavy (non-hydrogen) atoms. The number of carbonyl (C=O) groups excluding carboxylic acids is 1. The Morgan fingerprint density at radius 2 is 2.03 bits per heavy atom. The number of aryl methyl sites for hydroxylation is 1. The number of amides is 2. The summed E-state index contributed by atoms with van der Waals surface area (Å²) in [6, 6.07) is -0.205. The average molecular weight is 440 g/mol. The van der Waals surface area contributed by atoms with Gasteiger partial charge in [0, 0.05) is 27.8 Å². The number of nitrogens with one attached hydrogen (secondary N) is 2. The lowest BCUT2D eigenvalue weighted by Gasteiger charge is -2.21. The van der Waals surface area contributed by atoms with Crippen LogP contribution in [0, 0.1) is 6.92 Å². The van der Waals surface area contributed by atoms with Crippen LogP contribution in [0.4, 0.5) is 32.4 Å². The smallest absolute Gasteiger partial charge is 0.307 e. The zero-order valence-corrected chi connectivity index (χ0v) is 15.8. The molecule has 2 heterocycles. The Kier molecular flexibility index (Phi) is 5.34. The number of fused-ring (bicyclic) bond motifs is 1. The second-order valence-electron chi connectivity index (χ2n) is 6.39. The van der Waals surface area contributed by atoms with Crippen molar-refractivity contribution in [3.63, 3.8) is 0 Å². The van der Waals surface area contributed by atoms with Crippen LogP contribution >= 0.6 is 0 Å². The first-order valence-corrected chi connectivity index (χ1v) is 10.1. The summed E-state index contributed by atoms with van der Waals surface area (Å²) in [5.41, 5.74) is -0.818. The molecule has 0 saturated heterocycles. The van der Waals surface area contributed by atoms with Crippen LogP contribution in [-0.4, -0.2) is 25.0 Å². The number of thiol groups is 1. The van der Waals surface area contributed by atoms with Crippen molar-refractivity contribution in [2.75, 3.05) is 5.32 Å². The van der Waals surface area contributed by atoms with Crippen molar-refractivity contribution in [3.8, 4) is 0 Å². The molecule has 1 aliphatic rings. The minimum Gasteiger partial charge on any atom is -0.307 e. The number of urea groups is 1. The molecule has 2 amide bonds. The number of hydrogen-bond acceptors (Lipinski definition) is 4. The highest BCUT2D eigenvalue weighted by Gasteiger charge is 2.38. The summed E-state index contributed by atoms with van der Waals surface area (Å²) in [5.74, 6) is 0. The molecule has 8 nitrogen and oxygen atoms in total. The zero-order chi connectivity index (χ0) is 21.6. The van der Waals surface area contributed by atoms with Gasteiger partial charge in [0.2, 0.25) is 0 Å². The van der Waals surface area contributed by atoms with Gasteiger partial charge in [-0.05, 0) is 37.8 Å². The number of rotatable bonds is 4. The molecule has 2 aromatic heterocycles. The summed E-state index contributed by atoms with van der Waals surface area (Å²) < 4.78 is 79.6. The number of nitrogens with two attached hydrogens (primary N) is 1. The zero-order valence-electron chi connectivity index (χ0n) is 14.9. The average Bonchev–Trinajstić information content (AvgIpc) is 3.24. The normalized spacial score (nSPS) is 14.8. The maximum Gasteiger partial charge on any atom is 0.433 e. The number of alkyl halides is 5. The Morgan fingerprint density at radius 1 is 1.34 bits per heavy atom. The lowest BCUT2D eigenvalue weighted by Crippen LogP contribution is -2.45. The molecule has 0 saturated carbocycles. The lowest BCUT2D eigenvalue weighted by atomic mass is 10.1. The largest absolute Gasteiger partial charge is 0.433 e. The van der Waals surface area contributed by atoms with Gasteiger partial charge in [0.15, 0.2) is 5.03 Å². The number of aromatic nitrogens is 3. The fourth-order valence-corrected chi connectivity index (χ4v) is 4.09. The molecule has 0 aromatic carbocycles. The Hall–Kier alpha value is -2.61. The standard InChI is InChI=1S/C15H17F5N6O2S/c1-7-11(8-3-2-4-9(8)22-12(7)15(18,19)20)23-14(27)25-29(21,28)10-5-6-26(24-10)13(16)17/h5-6,13,29H,2-4H2,1H3,(H4,21,22,23,25,27,28). The maximum atomic E-state index is 13.3. The molecule has 0 radical (unpaired) electrons. The third-order valence-corrected chi connectivity index (χ3v) is 5.83. The van der Waals surface area contributed by atoms with E-state index in [1.54, 1.807) is 0 Å². The first-order chi connectivity index (χ1) is 13.4. The number of anilines is 1. The number of nitrogens with zero attached hydrogens (tertiary/aromatic N) is 3. The molecule has 2 aromatic rings. The van der Waals surface area contributed by atoms with E-state index in [1.807, 2.05) is 4.72 Å². The molecular formula is C15H17F5N6O2S. The molecule has 3 rings (SSSR count). The van der Waals surface area contributed by atoms with Crippen molar-refractivity contribution in [1.82, 2.24) is 19.5 Å². The van der Waals surface area contributed by atoms with Gasteiger partial charge in [0.05, 0.1) is 5.69 Å².